The lowest BCUT2D eigenvalue weighted by Crippen LogP contribution is -2.37. The Bertz CT molecular complexity index is 360. The second-order valence-electron chi connectivity index (χ2n) is 4.60. The largest absolute Gasteiger partial charge is 0.355 e. The lowest BCUT2D eigenvalue weighted by molar-refractivity contribution is -0.120. The first-order chi connectivity index (χ1) is 8.00. The minimum Gasteiger partial charge on any atom is -0.355 e. The molecule has 0 bridgehead atoms. The summed E-state index contributed by atoms with van der Waals surface area (Å²) in [5.74, 6) is 1.30. The maximum absolute atomic E-state index is 11.5. The molecule has 1 aromatic heterocycles. The molecule has 17 heavy (non-hydrogen) atoms. The monoisotopic (exact) mass is 239 g/mol. The Labute approximate surface area is 102 Å². The minimum atomic E-state index is 0.00676. The lowest BCUT2D eigenvalue weighted by atomic mass is 10.2. The van der Waals surface area contributed by atoms with E-state index in [-0.39, 0.29) is 11.9 Å². The van der Waals surface area contributed by atoms with Crippen molar-refractivity contribution in [3.05, 3.63) is 12.2 Å². The Hall–Kier alpha value is -1.43. The smallest absolute Gasteiger partial charge is 0.233 e. The second kappa shape index (κ2) is 6.34. The molecule has 96 valence electrons. The number of hydrogen-bond donors (Lipinski definition) is 2. The van der Waals surface area contributed by atoms with Crippen LogP contribution in [0.15, 0.2) is 6.33 Å². The molecular weight excluding hydrogens is 218 g/mol. The van der Waals surface area contributed by atoms with Crippen molar-refractivity contribution in [3.63, 3.8) is 0 Å². The molecule has 1 amide bonds. The van der Waals surface area contributed by atoms with Crippen molar-refractivity contribution in [2.75, 3.05) is 13.1 Å². The zero-order valence-electron chi connectivity index (χ0n) is 10.9. The highest BCUT2D eigenvalue weighted by molar-refractivity contribution is 5.77. The van der Waals surface area contributed by atoms with Crippen LogP contribution in [0.5, 0.6) is 0 Å². The highest BCUT2D eigenvalue weighted by Crippen LogP contribution is 2.05. The van der Waals surface area contributed by atoms with Gasteiger partial charge < -0.3 is 9.88 Å². The van der Waals surface area contributed by atoms with E-state index >= 15 is 0 Å². The number of hydrogen-bond acceptors (Lipinski definition) is 4. The fraction of sp³-hybridized carbons (Fsp3) is 0.727. The molecule has 0 aromatic carbocycles. The van der Waals surface area contributed by atoms with Crippen LogP contribution in [-0.4, -0.2) is 33.8 Å². The summed E-state index contributed by atoms with van der Waals surface area (Å²) < 4.78 is 1.84. The second-order valence-corrected chi connectivity index (χ2v) is 4.60. The lowest BCUT2D eigenvalue weighted by Gasteiger charge is -2.13. The zero-order chi connectivity index (χ0) is 12.8. The molecule has 0 radical (unpaired) electrons. The molecule has 0 saturated carbocycles. The molecule has 2 N–H and O–H groups in total. The molecule has 1 aromatic rings. The zero-order valence-corrected chi connectivity index (χ0v) is 10.9. The number of nitrogens with one attached hydrogen (secondary N) is 2. The van der Waals surface area contributed by atoms with Gasteiger partial charge in [0, 0.05) is 13.6 Å². The van der Waals surface area contributed by atoms with Gasteiger partial charge in [-0.3, -0.25) is 10.1 Å². The Morgan fingerprint density at radius 1 is 1.47 bits per heavy atom. The normalized spacial score (nSPS) is 12.8. The Kier molecular flexibility index (Phi) is 5.09. The van der Waals surface area contributed by atoms with E-state index < -0.39 is 0 Å². The predicted molar refractivity (Wildman–Crippen MR) is 65.3 cm³/mol. The van der Waals surface area contributed by atoms with Gasteiger partial charge in [-0.05, 0) is 12.8 Å². The molecular formula is C11H21N5O. The van der Waals surface area contributed by atoms with Crippen LogP contribution in [0.4, 0.5) is 0 Å². The third kappa shape index (κ3) is 4.52. The molecule has 0 saturated heterocycles. The van der Waals surface area contributed by atoms with Crippen LogP contribution in [0.3, 0.4) is 0 Å². The van der Waals surface area contributed by atoms with Gasteiger partial charge in [-0.15, -0.1) is 10.2 Å². The number of aromatic nitrogens is 3. The van der Waals surface area contributed by atoms with Gasteiger partial charge in [0.15, 0.2) is 0 Å². The maximum Gasteiger partial charge on any atom is 0.233 e. The van der Waals surface area contributed by atoms with Gasteiger partial charge in [-0.2, -0.15) is 0 Å². The van der Waals surface area contributed by atoms with E-state index in [2.05, 4.69) is 34.7 Å². The van der Waals surface area contributed by atoms with Gasteiger partial charge in [-0.25, -0.2) is 0 Å². The van der Waals surface area contributed by atoms with Crippen LogP contribution in [0.25, 0.3) is 0 Å². The Morgan fingerprint density at radius 2 is 2.18 bits per heavy atom. The van der Waals surface area contributed by atoms with E-state index in [1.807, 2.05) is 18.5 Å². The number of aryl methyl sites for hydroxylation is 1. The van der Waals surface area contributed by atoms with Gasteiger partial charge in [0.2, 0.25) is 5.91 Å². The van der Waals surface area contributed by atoms with Crippen molar-refractivity contribution in [3.8, 4) is 0 Å². The molecule has 6 nitrogen and oxygen atoms in total. The van der Waals surface area contributed by atoms with Crippen molar-refractivity contribution in [1.82, 2.24) is 25.4 Å². The maximum atomic E-state index is 11.5. The molecule has 0 aliphatic heterocycles. The van der Waals surface area contributed by atoms with Gasteiger partial charge in [0.1, 0.15) is 12.2 Å². The Morgan fingerprint density at radius 3 is 2.71 bits per heavy atom. The summed E-state index contributed by atoms with van der Waals surface area (Å²) in [6, 6.07) is 0.00676. The SMILES string of the molecule is CC(C)CNC(=O)CNC(C)c1nncn1C. The standard InChI is InChI=1S/C11H21N5O/c1-8(2)5-13-10(17)6-12-9(3)11-15-14-7-16(11)4/h7-9,12H,5-6H2,1-4H3,(H,13,17). The van der Waals surface area contributed by atoms with Crippen LogP contribution in [0.1, 0.15) is 32.6 Å². The van der Waals surface area contributed by atoms with Crippen LogP contribution in [0.2, 0.25) is 0 Å². The third-order valence-electron chi connectivity index (χ3n) is 2.41. The summed E-state index contributed by atoms with van der Waals surface area (Å²) in [5.41, 5.74) is 0. The van der Waals surface area contributed by atoms with E-state index in [0.29, 0.717) is 19.0 Å². The van der Waals surface area contributed by atoms with Crippen molar-refractivity contribution in [2.45, 2.75) is 26.8 Å². The molecule has 1 unspecified atom stereocenters. The molecule has 0 spiro atoms. The molecule has 6 heteroatoms. The van der Waals surface area contributed by atoms with Gasteiger partial charge in [0.05, 0.1) is 12.6 Å². The van der Waals surface area contributed by atoms with E-state index in [0.717, 1.165) is 5.82 Å². The van der Waals surface area contributed by atoms with E-state index in [4.69, 9.17) is 0 Å². The fourth-order valence-corrected chi connectivity index (χ4v) is 1.40. The first kappa shape index (κ1) is 13.6. The van der Waals surface area contributed by atoms with Crippen LogP contribution in [0, 0.1) is 5.92 Å². The molecule has 1 rings (SSSR count). The molecule has 0 aliphatic rings. The average molecular weight is 239 g/mol. The number of nitrogens with zero attached hydrogens (tertiary/aromatic N) is 3. The summed E-state index contributed by atoms with van der Waals surface area (Å²) >= 11 is 0. The summed E-state index contributed by atoms with van der Waals surface area (Å²) in [6.07, 6.45) is 1.65. The predicted octanol–water partition coefficient (Wildman–Crippen LogP) is 0.238. The molecule has 1 atom stereocenters. The fourth-order valence-electron chi connectivity index (χ4n) is 1.40. The minimum absolute atomic E-state index is 0.00676. The highest BCUT2D eigenvalue weighted by atomic mass is 16.1. The first-order valence-corrected chi connectivity index (χ1v) is 5.84. The topological polar surface area (TPSA) is 71.8 Å². The van der Waals surface area contributed by atoms with E-state index in [9.17, 15) is 4.79 Å². The molecule has 1 heterocycles. The van der Waals surface area contributed by atoms with Gasteiger partial charge in [-0.1, -0.05) is 13.8 Å². The van der Waals surface area contributed by atoms with Gasteiger partial charge in [0.25, 0.3) is 0 Å². The number of carbonyl (C=O) groups excluding carboxylic acids is 1. The van der Waals surface area contributed by atoms with Crippen LogP contribution in [-0.2, 0) is 11.8 Å². The quantitative estimate of drug-likeness (QED) is 0.746. The number of carbonyl (C=O) groups is 1. The van der Waals surface area contributed by atoms with Crippen molar-refractivity contribution < 1.29 is 4.79 Å². The van der Waals surface area contributed by atoms with Crippen molar-refractivity contribution >= 4 is 5.91 Å². The van der Waals surface area contributed by atoms with Crippen molar-refractivity contribution in [1.29, 1.82) is 0 Å². The summed E-state index contributed by atoms with van der Waals surface area (Å²) in [6.45, 7) is 7.09. The molecule has 0 fully saturated rings. The Balaban J connectivity index is 2.31. The highest BCUT2D eigenvalue weighted by Gasteiger charge is 2.12. The summed E-state index contributed by atoms with van der Waals surface area (Å²) in [7, 11) is 1.88. The first-order valence-electron chi connectivity index (χ1n) is 5.84. The average Bonchev–Trinajstić information content (AvgIpc) is 2.69. The summed E-state index contributed by atoms with van der Waals surface area (Å²) in [4.78, 5) is 11.5. The van der Waals surface area contributed by atoms with Gasteiger partial charge >= 0.3 is 0 Å². The van der Waals surface area contributed by atoms with Crippen LogP contribution >= 0.6 is 0 Å². The number of amides is 1. The summed E-state index contributed by atoms with van der Waals surface area (Å²) in [5, 5.41) is 13.8. The van der Waals surface area contributed by atoms with E-state index in [1.165, 1.54) is 0 Å². The van der Waals surface area contributed by atoms with Crippen molar-refractivity contribution in [2.24, 2.45) is 13.0 Å². The van der Waals surface area contributed by atoms with E-state index in [1.54, 1.807) is 6.33 Å². The van der Waals surface area contributed by atoms with Crippen LogP contribution < -0.4 is 10.6 Å². The third-order valence-corrected chi connectivity index (χ3v) is 2.41. The number of rotatable bonds is 6. The molecule has 0 aliphatic carbocycles.